The topological polar surface area (TPSA) is 47.0 Å². The first-order chi connectivity index (χ1) is 13.4. The zero-order chi connectivity index (χ0) is 20.1. The Morgan fingerprint density at radius 1 is 1.18 bits per heavy atom. The molecule has 0 bridgehead atoms. The number of rotatable bonds is 7. The van der Waals surface area contributed by atoms with E-state index >= 15 is 0 Å². The Morgan fingerprint density at radius 2 is 1.89 bits per heavy atom. The first kappa shape index (κ1) is 21.1. The summed E-state index contributed by atoms with van der Waals surface area (Å²) in [6, 6.07) is 7.43. The molecule has 2 aliphatic rings. The predicted octanol–water partition coefficient (Wildman–Crippen LogP) is 3.16. The third-order valence-electron chi connectivity index (χ3n) is 6.11. The van der Waals surface area contributed by atoms with Crippen LogP contribution in [-0.4, -0.2) is 72.7 Å². The van der Waals surface area contributed by atoms with Crippen LogP contribution in [0.4, 0.5) is 10.1 Å². The van der Waals surface area contributed by atoms with Crippen molar-refractivity contribution in [2.45, 2.75) is 39.2 Å². The van der Waals surface area contributed by atoms with E-state index < -0.39 is 5.97 Å². The Balaban J connectivity index is 1.61. The lowest BCUT2D eigenvalue weighted by atomic mass is 9.86. The summed E-state index contributed by atoms with van der Waals surface area (Å²) >= 11 is 0. The summed E-state index contributed by atoms with van der Waals surface area (Å²) in [7, 11) is 0. The third kappa shape index (κ3) is 5.45. The lowest BCUT2D eigenvalue weighted by molar-refractivity contribution is -0.137. The molecule has 0 aliphatic carbocycles. The third-order valence-corrected chi connectivity index (χ3v) is 6.11. The van der Waals surface area contributed by atoms with Gasteiger partial charge in [-0.2, -0.15) is 0 Å². The van der Waals surface area contributed by atoms with Crippen LogP contribution < -0.4 is 4.90 Å². The molecular formula is C22H34FN3O2. The fourth-order valence-electron chi connectivity index (χ4n) is 4.85. The first-order valence-corrected chi connectivity index (χ1v) is 10.6. The summed E-state index contributed by atoms with van der Waals surface area (Å²) in [6.07, 6.45) is 2.07. The van der Waals surface area contributed by atoms with Crippen molar-refractivity contribution in [3.8, 4) is 0 Å². The number of piperazine rings is 1. The van der Waals surface area contributed by atoms with Crippen molar-refractivity contribution in [1.29, 1.82) is 0 Å². The van der Waals surface area contributed by atoms with Gasteiger partial charge >= 0.3 is 5.97 Å². The fourth-order valence-corrected chi connectivity index (χ4v) is 4.85. The number of carboxylic acid groups (broad SMARTS) is 1. The second-order valence-electron chi connectivity index (χ2n) is 8.68. The maximum Gasteiger partial charge on any atom is 0.303 e. The van der Waals surface area contributed by atoms with Gasteiger partial charge in [-0.3, -0.25) is 9.69 Å². The Labute approximate surface area is 168 Å². The number of aliphatic carboxylic acids is 1. The number of anilines is 1. The molecule has 156 valence electrons. The molecule has 2 aliphatic heterocycles. The summed E-state index contributed by atoms with van der Waals surface area (Å²) in [5, 5.41) is 9.17. The molecule has 2 atom stereocenters. The van der Waals surface area contributed by atoms with E-state index in [1.165, 1.54) is 6.07 Å². The minimum absolute atomic E-state index is 0.155. The van der Waals surface area contributed by atoms with Gasteiger partial charge in [-0.15, -0.1) is 0 Å². The zero-order valence-corrected chi connectivity index (χ0v) is 17.2. The van der Waals surface area contributed by atoms with E-state index in [0.717, 1.165) is 58.7 Å². The van der Waals surface area contributed by atoms with Gasteiger partial charge in [0.1, 0.15) is 5.82 Å². The highest BCUT2D eigenvalue weighted by molar-refractivity contribution is 5.66. The molecule has 1 N–H and O–H groups in total. The Hall–Kier alpha value is -1.66. The van der Waals surface area contributed by atoms with E-state index in [-0.39, 0.29) is 12.2 Å². The minimum Gasteiger partial charge on any atom is -0.481 e. The lowest BCUT2D eigenvalue weighted by Gasteiger charge is -2.47. The van der Waals surface area contributed by atoms with Crippen LogP contribution in [0.3, 0.4) is 0 Å². The molecule has 0 aromatic heterocycles. The molecule has 2 fully saturated rings. The molecule has 1 aromatic rings. The number of halogens is 1. The largest absolute Gasteiger partial charge is 0.481 e. The molecule has 2 saturated heterocycles. The van der Waals surface area contributed by atoms with Crippen LogP contribution in [-0.2, 0) is 4.79 Å². The van der Waals surface area contributed by atoms with Gasteiger partial charge in [0, 0.05) is 51.7 Å². The molecule has 1 aromatic carbocycles. The van der Waals surface area contributed by atoms with Crippen LogP contribution in [0.1, 0.15) is 33.1 Å². The Kier molecular flexibility index (Phi) is 7.30. The number of carboxylic acids is 1. The number of piperidine rings is 1. The van der Waals surface area contributed by atoms with E-state index in [2.05, 4.69) is 28.5 Å². The van der Waals surface area contributed by atoms with Crippen molar-refractivity contribution < 1.29 is 14.3 Å². The average molecular weight is 392 g/mol. The first-order valence-electron chi connectivity index (χ1n) is 10.6. The van der Waals surface area contributed by atoms with E-state index in [4.69, 9.17) is 5.11 Å². The van der Waals surface area contributed by atoms with Crippen LogP contribution >= 0.6 is 0 Å². The van der Waals surface area contributed by atoms with Crippen molar-refractivity contribution in [2.75, 3.05) is 50.7 Å². The SMILES string of the molecule is CC(C)CN1CC[C@H](N2CCN(c3ccccc3F)CC2)[C@H](CCC(=O)O)C1. The summed E-state index contributed by atoms with van der Waals surface area (Å²) in [5.74, 6) is 0.158. The second kappa shape index (κ2) is 9.70. The maximum absolute atomic E-state index is 14.1. The van der Waals surface area contributed by atoms with Crippen molar-refractivity contribution in [3.63, 3.8) is 0 Å². The summed E-state index contributed by atoms with van der Waals surface area (Å²) < 4.78 is 14.1. The van der Waals surface area contributed by atoms with Gasteiger partial charge in [-0.25, -0.2) is 4.39 Å². The molecule has 5 nitrogen and oxygen atoms in total. The molecule has 0 unspecified atom stereocenters. The summed E-state index contributed by atoms with van der Waals surface area (Å²) in [6.45, 7) is 11.1. The van der Waals surface area contributed by atoms with Crippen molar-refractivity contribution in [1.82, 2.24) is 9.80 Å². The van der Waals surface area contributed by atoms with Crippen LogP contribution in [0.25, 0.3) is 0 Å². The molecule has 0 radical (unpaired) electrons. The normalized spacial score (nSPS) is 24.6. The molecule has 6 heteroatoms. The minimum atomic E-state index is -0.705. The highest BCUT2D eigenvalue weighted by atomic mass is 19.1. The van der Waals surface area contributed by atoms with Gasteiger partial charge < -0.3 is 14.9 Å². The molecule has 28 heavy (non-hydrogen) atoms. The summed E-state index contributed by atoms with van der Waals surface area (Å²) in [5.41, 5.74) is 0.691. The molecule has 0 amide bonds. The molecular weight excluding hydrogens is 357 g/mol. The van der Waals surface area contributed by atoms with E-state index in [1.54, 1.807) is 6.07 Å². The van der Waals surface area contributed by atoms with Crippen molar-refractivity contribution in [2.24, 2.45) is 11.8 Å². The monoisotopic (exact) mass is 391 g/mol. The predicted molar refractivity (Wildman–Crippen MR) is 110 cm³/mol. The summed E-state index contributed by atoms with van der Waals surface area (Å²) in [4.78, 5) is 18.3. The van der Waals surface area contributed by atoms with Gasteiger partial charge in [-0.1, -0.05) is 26.0 Å². The lowest BCUT2D eigenvalue weighted by Crippen LogP contribution is -2.57. The van der Waals surface area contributed by atoms with Crippen LogP contribution in [0, 0.1) is 17.7 Å². The quantitative estimate of drug-likeness (QED) is 0.774. The highest BCUT2D eigenvalue weighted by Crippen LogP contribution is 2.29. The Bertz CT molecular complexity index is 646. The number of para-hydroxylation sites is 1. The molecule has 0 saturated carbocycles. The number of benzene rings is 1. The smallest absolute Gasteiger partial charge is 0.303 e. The second-order valence-corrected chi connectivity index (χ2v) is 8.68. The van der Waals surface area contributed by atoms with E-state index in [1.807, 2.05) is 12.1 Å². The highest BCUT2D eigenvalue weighted by Gasteiger charge is 2.35. The molecule has 3 rings (SSSR count). The van der Waals surface area contributed by atoms with Gasteiger partial charge in [0.25, 0.3) is 0 Å². The van der Waals surface area contributed by atoms with Gasteiger partial charge in [-0.05, 0) is 43.4 Å². The molecule has 0 spiro atoms. The number of hydrogen-bond acceptors (Lipinski definition) is 4. The van der Waals surface area contributed by atoms with Crippen LogP contribution in [0.5, 0.6) is 0 Å². The average Bonchev–Trinajstić information content (AvgIpc) is 2.67. The number of hydrogen-bond donors (Lipinski definition) is 1. The van der Waals surface area contributed by atoms with E-state index in [0.29, 0.717) is 23.6 Å². The number of likely N-dealkylation sites (tertiary alicyclic amines) is 1. The fraction of sp³-hybridized carbons (Fsp3) is 0.682. The standard InChI is InChI=1S/C22H34FN3O2/c1-17(2)15-24-10-9-20(18(16-24)7-8-22(27)28)25-11-13-26(14-12-25)21-6-4-3-5-19(21)23/h3-6,17-18,20H,7-16H2,1-2H3,(H,27,28)/t18-,20+/m1/s1. The Morgan fingerprint density at radius 3 is 2.54 bits per heavy atom. The number of carbonyl (C=O) groups is 1. The molecule has 2 heterocycles. The van der Waals surface area contributed by atoms with Crippen molar-refractivity contribution >= 4 is 11.7 Å². The van der Waals surface area contributed by atoms with Gasteiger partial charge in [0.2, 0.25) is 0 Å². The van der Waals surface area contributed by atoms with Crippen LogP contribution in [0.15, 0.2) is 24.3 Å². The number of nitrogens with zero attached hydrogens (tertiary/aromatic N) is 3. The van der Waals surface area contributed by atoms with Gasteiger partial charge in [0.15, 0.2) is 0 Å². The zero-order valence-electron chi connectivity index (χ0n) is 17.2. The van der Waals surface area contributed by atoms with E-state index in [9.17, 15) is 9.18 Å². The van der Waals surface area contributed by atoms with Crippen molar-refractivity contribution in [3.05, 3.63) is 30.1 Å². The maximum atomic E-state index is 14.1. The van der Waals surface area contributed by atoms with Gasteiger partial charge in [0.05, 0.1) is 5.69 Å². The van der Waals surface area contributed by atoms with Crippen LogP contribution in [0.2, 0.25) is 0 Å².